The maximum absolute atomic E-state index is 13.1. The van der Waals surface area contributed by atoms with Gasteiger partial charge in [-0.1, -0.05) is 13.8 Å². The molecule has 1 aromatic rings. The van der Waals surface area contributed by atoms with Gasteiger partial charge in [0.2, 0.25) is 23.6 Å². The van der Waals surface area contributed by atoms with Crippen LogP contribution in [0.1, 0.15) is 58.1 Å². The van der Waals surface area contributed by atoms with Gasteiger partial charge in [0.25, 0.3) is 0 Å². The van der Waals surface area contributed by atoms with Crippen molar-refractivity contribution in [2.75, 3.05) is 6.54 Å². The summed E-state index contributed by atoms with van der Waals surface area (Å²) in [6.45, 7) is 4.07. The molecule has 1 heterocycles. The number of nitrogens with zero attached hydrogens (tertiary/aromatic N) is 1. The molecule has 14 nitrogen and oxygen atoms in total. The number of aromatic nitrogens is 2. The number of carboxylic acids is 1. The van der Waals surface area contributed by atoms with Gasteiger partial charge < -0.3 is 43.2 Å². The van der Waals surface area contributed by atoms with Crippen molar-refractivity contribution in [2.45, 2.75) is 83.0 Å². The van der Waals surface area contributed by atoms with Crippen LogP contribution in [-0.4, -0.2) is 75.4 Å². The van der Waals surface area contributed by atoms with E-state index in [1.54, 1.807) is 0 Å². The van der Waals surface area contributed by atoms with Crippen LogP contribution in [0.2, 0.25) is 0 Å². The standard InChI is InChI=1S/C23H40N8O6/c1-13(2)9-18(22(35)30-17(23(36)37)5-3-4-8-24)31-21(34)16(6-7-19(26)32)29-20(33)15(25)10-14-11-27-12-28-14/h11-13,15-18H,3-10,24-25H2,1-2H3,(H2,26,32)(H,27,28)(H,29,33)(H,30,35)(H,31,34)(H,36,37). The van der Waals surface area contributed by atoms with Crippen LogP contribution in [0.5, 0.6) is 0 Å². The van der Waals surface area contributed by atoms with E-state index < -0.39 is 53.8 Å². The summed E-state index contributed by atoms with van der Waals surface area (Å²) >= 11 is 0. The van der Waals surface area contributed by atoms with Crippen molar-refractivity contribution in [2.24, 2.45) is 23.1 Å². The highest BCUT2D eigenvalue weighted by Crippen LogP contribution is 2.09. The van der Waals surface area contributed by atoms with Crippen LogP contribution in [0, 0.1) is 5.92 Å². The second kappa shape index (κ2) is 16.3. The van der Waals surface area contributed by atoms with Gasteiger partial charge in [0.15, 0.2) is 0 Å². The lowest BCUT2D eigenvalue weighted by Crippen LogP contribution is -2.57. The monoisotopic (exact) mass is 524 g/mol. The Morgan fingerprint density at radius 2 is 1.59 bits per heavy atom. The summed E-state index contributed by atoms with van der Waals surface area (Å²) in [7, 11) is 0. The Morgan fingerprint density at radius 1 is 0.973 bits per heavy atom. The number of unbranched alkanes of at least 4 members (excludes halogenated alkanes) is 1. The van der Waals surface area contributed by atoms with E-state index in [1.165, 1.54) is 12.5 Å². The number of rotatable bonds is 18. The molecule has 0 spiro atoms. The van der Waals surface area contributed by atoms with Crippen molar-refractivity contribution in [1.29, 1.82) is 0 Å². The van der Waals surface area contributed by atoms with E-state index in [1.807, 2.05) is 13.8 Å². The minimum Gasteiger partial charge on any atom is -0.480 e. The molecule has 0 fully saturated rings. The molecule has 14 heteroatoms. The van der Waals surface area contributed by atoms with Crippen molar-refractivity contribution < 1.29 is 29.1 Å². The van der Waals surface area contributed by atoms with Gasteiger partial charge in [-0.3, -0.25) is 19.2 Å². The van der Waals surface area contributed by atoms with Gasteiger partial charge >= 0.3 is 5.97 Å². The van der Waals surface area contributed by atoms with Gasteiger partial charge in [-0.2, -0.15) is 0 Å². The molecule has 4 unspecified atom stereocenters. The zero-order chi connectivity index (χ0) is 28.0. The van der Waals surface area contributed by atoms with E-state index >= 15 is 0 Å². The summed E-state index contributed by atoms with van der Waals surface area (Å²) < 4.78 is 0. The molecule has 208 valence electrons. The molecule has 0 aliphatic heterocycles. The maximum atomic E-state index is 13.1. The molecule has 1 aromatic heterocycles. The first-order chi connectivity index (χ1) is 17.4. The number of nitrogens with one attached hydrogen (secondary N) is 4. The Bertz CT molecular complexity index is 892. The smallest absolute Gasteiger partial charge is 0.326 e. The topological polar surface area (TPSA) is 248 Å². The number of H-pyrrole nitrogens is 1. The minimum absolute atomic E-state index is 0.0296. The number of nitrogens with two attached hydrogens (primary N) is 3. The first-order valence-electron chi connectivity index (χ1n) is 12.3. The first-order valence-corrected chi connectivity index (χ1v) is 12.3. The molecule has 11 N–H and O–H groups in total. The van der Waals surface area contributed by atoms with Gasteiger partial charge in [-0.15, -0.1) is 0 Å². The molecule has 4 amide bonds. The highest BCUT2D eigenvalue weighted by atomic mass is 16.4. The Kier molecular flexibility index (Phi) is 13.9. The maximum Gasteiger partial charge on any atom is 0.326 e. The summed E-state index contributed by atoms with van der Waals surface area (Å²) in [4.78, 5) is 68.4. The average Bonchev–Trinajstić information content (AvgIpc) is 3.32. The molecule has 1 rings (SSSR count). The number of amides is 4. The number of carbonyl (C=O) groups excluding carboxylic acids is 4. The van der Waals surface area contributed by atoms with E-state index in [9.17, 15) is 29.1 Å². The number of imidazole rings is 1. The Labute approximate surface area is 215 Å². The van der Waals surface area contributed by atoms with E-state index in [0.717, 1.165) is 0 Å². The minimum atomic E-state index is -1.20. The van der Waals surface area contributed by atoms with Gasteiger partial charge in [0.1, 0.15) is 18.1 Å². The molecule has 37 heavy (non-hydrogen) atoms. The van der Waals surface area contributed by atoms with Crippen molar-refractivity contribution in [3.05, 3.63) is 18.2 Å². The van der Waals surface area contributed by atoms with Crippen LogP contribution in [0.25, 0.3) is 0 Å². The van der Waals surface area contributed by atoms with Gasteiger partial charge in [0.05, 0.1) is 12.4 Å². The summed E-state index contributed by atoms with van der Waals surface area (Å²) in [6.07, 6.45) is 4.29. The normalized spacial score (nSPS) is 14.3. The van der Waals surface area contributed by atoms with E-state index in [4.69, 9.17) is 17.2 Å². The van der Waals surface area contributed by atoms with Crippen LogP contribution >= 0.6 is 0 Å². The lowest BCUT2D eigenvalue weighted by Gasteiger charge is -2.26. The quantitative estimate of drug-likeness (QED) is 0.101. The van der Waals surface area contributed by atoms with E-state index in [2.05, 4.69) is 25.9 Å². The van der Waals surface area contributed by atoms with Crippen LogP contribution < -0.4 is 33.2 Å². The third-order valence-corrected chi connectivity index (χ3v) is 5.55. The molecule has 0 aliphatic carbocycles. The second-order valence-electron chi connectivity index (χ2n) is 9.33. The number of hydrogen-bond donors (Lipinski definition) is 8. The average molecular weight is 525 g/mol. The predicted octanol–water partition coefficient (Wildman–Crippen LogP) is -1.74. The summed E-state index contributed by atoms with van der Waals surface area (Å²) in [5.74, 6) is -3.94. The lowest BCUT2D eigenvalue weighted by molar-refractivity contribution is -0.142. The molecule has 4 atom stereocenters. The molecular weight excluding hydrogens is 484 g/mol. The van der Waals surface area contributed by atoms with Crippen molar-refractivity contribution >= 4 is 29.6 Å². The number of carbonyl (C=O) groups is 5. The Balaban J connectivity index is 2.95. The number of carboxylic acid groups (broad SMARTS) is 1. The van der Waals surface area contributed by atoms with Crippen LogP contribution in [0.4, 0.5) is 0 Å². The fourth-order valence-electron chi connectivity index (χ4n) is 3.56. The number of primary amides is 1. The molecule has 0 aromatic carbocycles. The fourth-order valence-corrected chi connectivity index (χ4v) is 3.56. The highest BCUT2D eigenvalue weighted by molar-refractivity contribution is 5.94. The van der Waals surface area contributed by atoms with Gasteiger partial charge in [0, 0.05) is 24.7 Å². The number of hydrogen-bond acceptors (Lipinski definition) is 8. The molecule has 0 radical (unpaired) electrons. The molecule has 0 aliphatic rings. The van der Waals surface area contributed by atoms with Crippen LogP contribution in [0.15, 0.2) is 12.5 Å². The van der Waals surface area contributed by atoms with Gasteiger partial charge in [-0.25, -0.2) is 9.78 Å². The van der Waals surface area contributed by atoms with Crippen LogP contribution in [0.3, 0.4) is 0 Å². The molecule has 0 bridgehead atoms. The predicted molar refractivity (Wildman–Crippen MR) is 134 cm³/mol. The lowest BCUT2D eigenvalue weighted by atomic mass is 10.0. The summed E-state index contributed by atoms with van der Waals surface area (Å²) in [6, 6.07) is -4.43. The second-order valence-corrected chi connectivity index (χ2v) is 9.33. The van der Waals surface area contributed by atoms with Crippen LogP contribution in [-0.2, 0) is 30.4 Å². The summed E-state index contributed by atoms with van der Waals surface area (Å²) in [5.41, 5.74) is 17.2. The number of aliphatic carboxylic acids is 1. The van der Waals surface area contributed by atoms with E-state index in [-0.39, 0.29) is 38.0 Å². The van der Waals surface area contributed by atoms with Crippen molar-refractivity contribution in [1.82, 2.24) is 25.9 Å². The fraction of sp³-hybridized carbons (Fsp3) is 0.652. The Morgan fingerprint density at radius 3 is 2.14 bits per heavy atom. The zero-order valence-corrected chi connectivity index (χ0v) is 21.4. The zero-order valence-electron chi connectivity index (χ0n) is 21.4. The molecule has 0 saturated carbocycles. The Hall–Kier alpha value is -3.52. The highest BCUT2D eigenvalue weighted by Gasteiger charge is 2.31. The largest absolute Gasteiger partial charge is 0.480 e. The molecular formula is C23H40N8O6. The number of aromatic amines is 1. The summed E-state index contributed by atoms with van der Waals surface area (Å²) in [5, 5.41) is 17.1. The SMILES string of the molecule is CC(C)CC(NC(=O)C(CCC(N)=O)NC(=O)C(N)Cc1cnc[nH]1)C(=O)NC(CCCCN)C(=O)O. The van der Waals surface area contributed by atoms with E-state index in [0.29, 0.717) is 25.1 Å². The van der Waals surface area contributed by atoms with Crippen molar-refractivity contribution in [3.8, 4) is 0 Å². The molecule has 0 saturated heterocycles. The van der Waals surface area contributed by atoms with Crippen molar-refractivity contribution in [3.63, 3.8) is 0 Å². The third kappa shape index (κ3) is 12.3. The van der Waals surface area contributed by atoms with Gasteiger partial charge in [-0.05, 0) is 44.6 Å². The first kappa shape index (κ1) is 31.5. The third-order valence-electron chi connectivity index (χ3n) is 5.55.